The first-order chi connectivity index (χ1) is 17.6. The van der Waals surface area contributed by atoms with Crippen molar-refractivity contribution in [3.63, 3.8) is 0 Å². The van der Waals surface area contributed by atoms with Crippen molar-refractivity contribution in [2.75, 3.05) is 0 Å². The lowest BCUT2D eigenvalue weighted by atomic mass is 10.0. The third-order valence-corrected chi connectivity index (χ3v) is 7.82. The number of hydrogen-bond donors (Lipinski definition) is 1. The number of ketones is 1. The van der Waals surface area contributed by atoms with Crippen LogP contribution in [-0.2, 0) is 16.1 Å². The molecule has 1 saturated carbocycles. The van der Waals surface area contributed by atoms with Crippen molar-refractivity contribution in [1.82, 2.24) is 30.0 Å². The minimum atomic E-state index is -0.474. The van der Waals surface area contributed by atoms with E-state index in [1.807, 2.05) is 32.0 Å². The second-order valence-electron chi connectivity index (χ2n) is 10.9. The molecule has 1 aliphatic heterocycles. The van der Waals surface area contributed by atoms with Gasteiger partial charge in [0, 0.05) is 42.4 Å². The van der Waals surface area contributed by atoms with E-state index >= 15 is 0 Å². The number of fused-ring (bicyclic) bond motifs is 2. The predicted octanol–water partition coefficient (Wildman–Crippen LogP) is 3.69. The summed E-state index contributed by atoms with van der Waals surface area (Å²) in [4.78, 5) is 49.5. The van der Waals surface area contributed by atoms with E-state index in [1.165, 1.54) is 6.92 Å². The molecule has 9 nitrogen and oxygen atoms in total. The number of aryl methyl sites for hydroxylation is 1. The van der Waals surface area contributed by atoms with Gasteiger partial charge in [0.25, 0.3) is 0 Å². The number of nitrogens with one attached hydrogen (secondary N) is 1. The summed E-state index contributed by atoms with van der Waals surface area (Å²) in [6, 6.07) is 5.35. The summed E-state index contributed by atoms with van der Waals surface area (Å²) >= 11 is 0. The Morgan fingerprint density at radius 1 is 1.16 bits per heavy atom. The van der Waals surface area contributed by atoms with Crippen LogP contribution < -0.4 is 5.32 Å². The molecule has 1 aromatic carbocycles. The first-order valence-corrected chi connectivity index (χ1v) is 13.0. The van der Waals surface area contributed by atoms with Gasteiger partial charge in [-0.1, -0.05) is 26.3 Å². The molecule has 2 aromatic heterocycles. The van der Waals surface area contributed by atoms with Gasteiger partial charge in [-0.25, -0.2) is 9.97 Å². The molecule has 0 bridgehead atoms. The smallest absolute Gasteiger partial charge is 0.245 e. The van der Waals surface area contributed by atoms with E-state index in [0.717, 1.165) is 30.4 Å². The Kier molecular flexibility index (Phi) is 6.33. The van der Waals surface area contributed by atoms with Crippen molar-refractivity contribution in [3.05, 3.63) is 42.1 Å². The van der Waals surface area contributed by atoms with Crippen molar-refractivity contribution in [1.29, 1.82) is 0 Å². The molecule has 37 heavy (non-hydrogen) atoms. The summed E-state index contributed by atoms with van der Waals surface area (Å²) < 4.78 is 1.59. The van der Waals surface area contributed by atoms with Crippen LogP contribution in [0.4, 0.5) is 0 Å². The van der Waals surface area contributed by atoms with Crippen molar-refractivity contribution in [2.45, 2.75) is 85.0 Å². The number of benzene rings is 1. The van der Waals surface area contributed by atoms with Gasteiger partial charge in [-0.05, 0) is 56.2 Å². The lowest BCUT2D eigenvalue weighted by Gasteiger charge is -2.28. The summed E-state index contributed by atoms with van der Waals surface area (Å²) in [7, 11) is 0. The fraction of sp³-hybridized carbons (Fsp3) is 0.500. The van der Waals surface area contributed by atoms with Crippen LogP contribution >= 0.6 is 0 Å². The molecule has 3 aromatic rings. The van der Waals surface area contributed by atoms with Crippen LogP contribution in [0.15, 0.2) is 30.6 Å². The number of Topliss-reactive ketones (excluding diaryl/α,β-unsaturated/α-hetero) is 1. The number of hydrogen-bond acceptors (Lipinski definition) is 6. The van der Waals surface area contributed by atoms with Crippen LogP contribution in [0.5, 0.6) is 0 Å². The number of likely N-dealkylation sites (tertiary alicyclic amines) is 1. The molecule has 3 heterocycles. The molecule has 5 rings (SSSR count). The number of carbonyl (C=O) groups excluding carboxylic acids is 3. The van der Waals surface area contributed by atoms with Gasteiger partial charge >= 0.3 is 0 Å². The maximum atomic E-state index is 13.6. The molecule has 2 amide bonds. The van der Waals surface area contributed by atoms with Crippen molar-refractivity contribution in [2.24, 2.45) is 5.41 Å². The molecule has 9 heteroatoms. The van der Waals surface area contributed by atoms with Gasteiger partial charge in [0.05, 0.1) is 5.52 Å². The normalized spacial score (nSPS) is 23.1. The quantitative estimate of drug-likeness (QED) is 0.471. The lowest BCUT2D eigenvalue weighted by Crippen LogP contribution is -2.50. The molecule has 4 atom stereocenters. The molecule has 194 valence electrons. The molecule has 1 N–H and O–H groups in total. The Bertz CT molecular complexity index is 1380. The number of carbonyl (C=O) groups is 3. The Morgan fingerprint density at radius 2 is 1.89 bits per heavy atom. The number of amides is 2. The molecular weight excluding hydrogens is 468 g/mol. The zero-order valence-corrected chi connectivity index (χ0v) is 22.1. The molecule has 2 aliphatic rings. The molecule has 1 aliphatic carbocycles. The van der Waals surface area contributed by atoms with Gasteiger partial charge in [0.15, 0.2) is 5.78 Å². The van der Waals surface area contributed by atoms with Crippen molar-refractivity contribution < 1.29 is 14.4 Å². The van der Waals surface area contributed by atoms with Gasteiger partial charge < -0.3 is 10.2 Å². The zero-order chi connectivity index (χ0) is 26.5. The Morgan fingerprint density at radius 3 is 2.57 bits per heavy atom. The van der Waals surface area contributed by atoms with Gasteiger partial charge in [0.2, 0.25) is 11.8 Å². The van der Waals surface area contributed by atoms with Crippen LogP contribution in [0.25, 0.3) is 22.0 Å². The highest BCUT2D eigenvalue weighted by Gasteiger charge is 2.64. The van der Waals surface area contributed by atoms with Crippen LogP contribution in [0.1, 0.15) is 69.7 Å². The summed E-state index contributed by atoms with van der Waals surface area (Å²) in [5.41, 5.74) is 2.71. The molecule has 1 saturated heterocycles. The average molecular weight is 503 g/mol. The average Bonchev–Trinajstić information content (AvgIpc) is 3.22. The van der Waals surface area contributed by atoms with Crippen LogP contribution in [0.2, 0.25) is 0 Å². The van der Waals surface area contributed by atoms with Gasteiger partial charge in [-0.3, -0.25) is 19.1 Å². The fourth-order valence-electron chi connectivity index (χ4n) is 5.70. The molecule has 2 fully saturated rings. The summed E-state index contributed by atoms with van der Waals surface area (Å²) in [5, 5.41) is 8.31. The fourth-order valence-corrected chi connectivity index (χ4v) is 5.70. The van der Waals surface area contributed by atoms with Crippen molar-refractivity contribution in [3.8, 4) is 11.1 Å². The molecule has 1 unspecified atom stereocenters. The Balaban J connectivity index is 1.43. The zero-order valence-electron chi connectivity index (χ0n) is 22.1. The second kappa shape index (κ2) is 9.36. The van der Waals surface area contributed by atoms with Crippen LogP contribution in [-0.4, -0.2) is 60.4 Å². The first-order valence-electron chi connectivity index (χ1n) is 13.0. The monoisotopic (exact) mass is 502 g/mol. The summed E-state index contributed by atoms with van der Waals surface area (Å²) in [5.74, 6) is 0.278. The second-order valence-corrected chi connectivity index (χ2v) is 10.9. The third kappa shape index (κ3) is 4.63. The number of piperidine rings is 1. The topological polar surface area (TPSA) is 110 Å². The standard InChI is InChI=1S/C28H34N6O3/c1-6-7-16(2)31-27(37)23-11-28(5)12-24(28)34(23)25(36)15-33-22-9-8-19(20-13-29-18(4)30-14-20)10-21(22)26(32-33)17(3)35/h8-10,13-14,16,23-24H,6-7,11-12,15H2,1-5H3,(H,31,37)/t16?,23-,24+,28-/m0/s1. The van der Waals surface area contributed by atoms with E-state index in [-0.39, 0.29) is 41.6 Å². The number of nitrogens with zero attached hydrogens (tertiary/aromatic N) is 5. The minimum Gasteiger partial charge on any atom is -0.352 e. The maximum absolute atomic E-state index is 13.6. The Hall–Kier alpha value is -3.62. The van der Waals surface area contributed by atoms with E-state index in [1.54, 1.807) is 22.0 Å². The highest BCUT2D eigenvalue weighted by Crippen LogP contribution is 2.59. The van der Waals surface area contributed by atoms with E-state index in [0.29, 0.717) is 28.8 Å². The highest BCUT2D eigenvalue weighted by atomic mass is 16.2. The largest absolute Gasteiger partial charge is 0.352 e. The summed E-state index contributed by atoms with van der Waals surface area (Å²) in [6.45, 7) is 9.51. The highest BCUT2D eigenvalue weighted by molar-refractivity contribution is 6.06. The van der Waals surface area contributed by atoms with Gasteiger partial charge in [-0.2, -0.15) is 5.10 Å². The minimum absolute atomic E-state index is 0.00655. The maximum Gasteiger partial charge on any atom is 0.245 e. The van der Waals surface area contributed by atoms with E-state index in [2.05, 4.69) is 34.2 Å². The van der Waals surface area contributed by atoms with Gasteiger partial charge in [0.1, 0.15) is 24.1 Å². The predicted molar refractivity (Wildman–Crippen MR) is 140 cm³/mol. The van der Waals surface area contributed by atoms with E-state index in [4.69, 9.17) is 0 Å². The van der Waals surface area contributed by atoms with E-state index in [9.17, 15) is 14.4 Å². The van der Waals surface area contributed by atoms with Crippen LogP contribution in [0, 0.1) is 12.3 Å². The Labute approximate surface area is 216 Å². The van der Waals surface area contributed by atoms with E-state index < -0.39 is 6.04 Å². The molecule has 0 spiro atoms. The van der Waals surface area contributed by atoms with Crippen molar-refractivity contribution >= 4 is 28.5 Å². The van der Waals surface area contributed by atoms with Gasteiger partial charge in [-0.15, -0.1) is 0 Å². The molecule has 0 radical (unpaired) electrons. The number of aromatic nitrogens is 4. The number of rotatable bonds is 8. The molecular formula is C28H34N6O3. The SMILES string of the molecule is CCCC(C)NC(=O)[C@@H]1C[C@@]2(C)C[C@H]2N1C(=O)Cn1nc(C(C)=O)c2cc(-c3cnc(C)nc3)ccc21. The first kappa shape index (κ1) is 25.0. The van der Waals surface area contributed by atoms with Crippen LogP contribution in [0.3, 0.4) is 0 Å². The lowest BCUT2D eigenvalue weighted by molar-refractivity contribution is -0.140. The third-order valence-electron chi connectivity index (χ3n) is 7.82. The summed E-state index contributed by atoms with van der Waals surface area (Å²) in [6.07, 6.45) is 6.96.